The lowest BCUT2D eigenvalue weighted by Gasteiger charge is -2.20. The van der Waals surface area contributed by atoms with Gasteiger partial charge in [0.25, 0.3) is 0 Å². The molecule has 3 radical (unpaired) electrons. The fraction of sp³-hybridized carbons (Fsp3) is 0.333. The third-order valence-corrected chi connectivity index (χ3v) is 2.55. The second-order valence-corrected chi connectivity index (χ2v) is 8.68. The van der Waals surface area contributed by atoms with Gasteiger partial charge in [-0.05, 0) is 30.9 Å². The van der Waals surface area contributed by atoms with Crippen LogP contribution in [0, 0.1) is 0 Å². The number of rotatable bonds is 2. The monoisotopic (exact) mass is 193 g/mol. The third-order valence-electron chi connectivity index (χ3n) is 1.30. The first-order valence-corrected chi connectivity index (χ1v) is 7.89. The Hall–Kier alpha value is -0.546. The Kier molecular flexibility index (Phi) is 2.74. The molecule has 0 heterocycles. The molecule has 0 amide bonds. The topological polar surface area (TPSA) is 9.23 Å². The molecular formula is C9H13OSi2. The van der Waals surface area contributed by atoms with Gasteiger partial charge in [0.05, 0.1) is 10.2 Å². The quantitative estimate of drug-likeness (QED) is 0.650. The summed E-state index contributed by atoms with van der Waals surface area (Å²) in [6.07, 6.45) is 0. The minimum absolute atomic E-state index is 0.952. The highest BCUT2D eigenvalue weighted by Gasteiger charge is 2.16. The van der Waals surface area contributed by atoms with Crippen molar-refractivity contribution in [3.8, 4) is 5.75 Å². The molecule has 0 saturated heterocycles. The van der Waals surface area contributed by atoms with E-state index < -0.39 is 8.32 Å². The van der Waals surface area contributed by atoms with Gasteiger partial charge in [-0.1, -0.05) is 18.2 Å². The summed E-state index contributed by atoms with van der Waals surface area (Å²) in [5.41, 5.74) is 0. The lowest BCUT2D eigenvalue weighted by atomic mass is 10.3. The van der Waals surface area contributed by atoms with E-state index in [4.69, 9.17) is 4.43 Å². The van der Waals surface area contributed by atoms with Gasteiger partial charge in [-0.15, -0.1) is 0 Å². The predicted octanol–water partition coefficient (Wildman–Crippen LogP) is 1.69. The Morgan fingerprint density at radius 1 is 1.17 bits per heavy atom. The molecule has 1 rings (SSSR count). The zero-order valence-electron chi connectivity index (χ0n) is 7.72. The molecule has 0 N–H and O–H groups in total. The molecule has 0 aliphatic heterocycles. The van der Waals surface area contributed by atoms with Crippen molar-refractivity contribution in [3.63, 3.8) is 0 Å². The van der Waals surface area contributed by atoms with Crippen LogP contribution < -0.4 is 9.61 Å². The molecule has 1 aromatic carbocycles. The fourth-order valence-corrected chi connectivity index (χ4v) is 2.06. The van der Waals surface area contributed by atoms with Gasteiger partial charge in [-0.2, -0.15) is 0 Å². The van der Waals surface area contributed by atoms with Gasteiger partial charge >= 0.3 is 0 Å². The van der Waals surface area contributed by atoms with Crippen molar-refractivity contribution in [1.82, 2.24) is 0 Å². The predicted molar refractivity (Wildman–Crippen MR) is 55.8 cm³/mol. The molecule has 0 bridgehead atoms. The standard InChI is InChI=1S/C9H13OSi2/c1-12(2,3)10-8-6-4-5-7-9(8)11/h4-7H,1-3H3. The second kappa shape index (κ2) is 3.45. The average Bonchev–Trinajstić information content (AvgIpc) is 1.91. The van der Waals surface area contributed by atoms with Crippen LogP contribution in [0.4, 0.5) is 0 Å². The Bertz CT molecular complexity index is 265. The van der Waals surface area contributed by atoms with Crippen LogP contribution in [0.3, 0.4) is 0 Å². The molecule has 0 aliphatic carbocycles. The van der Waals surface area contributed by atoms with Gasteiger partial charge in [0.2, 0.25) is 8.32 Å². The van der Waals surface area contributed by atoms with Crippen LogP contribution in [0.1, 0.15) is 0 Å². The van der Waals surface area contributed by atoms with E-state index in [2.05, 4.69) is 29.9 Å². The van der Waals surface area contributed by atoms with E-state index in [1.165, 1.54) is 0 Å². The first-order chi connectivity index (χ1) is 5.49. The summed E-state index contributed by atoms with van der Waals surface area (Å²) < 4.78 is 5.82. The van der Waals surface area contributed by atoms with Crippen LogP contribution in [-0.4, -0.2) is 18.6 Å². The van der Waals surface area contributed by atoms with Crippen molar-refractivity contribution in [2.45, 2.75) is 19.6 Å². The van der Waals surface area contributed by atoms with Crippen molar-refractivity contribution in [3.05, 3.63) is 24.3 Å². The number of para-hydroxylation sites is 1. The molecule has 0 spiro atoms. The zero-order chi connectivity index (χ0) is 9.19. The largest absolute Gasteiger partial charge is 0.544 e. The maximum absolute atomic E-state index is 5.82. The van der Waals surface area contributed by atoms with Crippen LogP contribution in [0.25, 0.3) is 0 Å². The Morgan fingerprint density at radius 2 is 1.75 bits per heavy atom. The van der Waals surface area contributed by atoms with E-state index in [1.807, 2.05) is 24.3 Å². The van der Waals surface area contributed by atoms with Gasteiger partial charge < -0.3 is 4.43 Å². The molecule has 0 fully saturated rings. The number of hydrogen-bond acceptors (Lipinski definition) is 1. The zero-order valence-corrected chi connectivity index (χ0v) is 9.72. The molecule has 0 aromatic heterocycles. The first-order valence-electron chi connectivity index (χ1n) is 3.99. The highest BCUT2D eigenvalue weighted by Crippen LogP contribution is 2.11. The van der Waals surface area contributed by atoms with Crippen molar-refractivity contribution >= 4 is 23.7 Å². The SMILES string of the molecule is C[Si](C)(C)Oc1ccccc1[Si]. The molecule has 63 valence electrons. The molecule has 1 nitrogen and oxygen atoms in total. The first kappa shape index (κ1) is 9.54. The maximum Gasteiger partial charge on any atom is 0.242 e. The molecule has 3 heteroatoms. The highest BCUT2D eigenvalue weighted by atomic mass is 28.4. The Labute approximate surface area is 78.3 Å². The van der Waals surface area contributed by atoms with E-state index in [1.54, 1.807) is 0 Å². The van der Waals surface area contributed by atoms with Crippen molar-refractivity contribution in [2.24, 2.45) is 0 Å². The van der Waals surface area contributed by atoms with Crippen molar-refractivity contribution in [2.75, 3.05) is 0 Å². The van der Waals surface area contributed by atoms with E-state index in [9.17, 15) is 0 Å². The van der Waals surface area contributed by atoms with Gasteiger partial charge in [-0.3, -0.25) is 0 Å². The lowest BCUT2D eigenvalue weighted by molar-refractivity contribution is 0.562. The van der Waals surface area contributed by atoms with Crippen LogP contribution in [-0.2, 0) is 0 Å². The van der Waals surface area contributed by atoms with Crippen molar-refractivity contribution in [1.29, 1.82) is 0 Å². The average molecular weight is 193 g/mol. The summed E-state index contributed by atoms with van der Waals surface area (Å²) in [4.78, 5) is 0. The summed E-state index contributed by atoms with van der Waals surface area (Å²) in [5.74, 6) is 0.952. The highest BCUT2D eigenvalue weighted by molar-refractivity contribution is 6.70. The van der Waals surface area contributed by atoms with Crippen molar-refractivity contribution < 1.29 is 4.43 Å². The van der Waals surface area contributed by atoms with Gasteiger partial charge in [-0.25, -0.2) is 0 Å². The van der Waals surface area contributed by atoms with Crippen LogP contribution >= 0.6 is 0 Å². The summed E-state index contributed by atoms with van der Waals surface area (Å²) in [6, 6.07) is 7.95. The minimum Gasteiger partial charge on any atom is -0.544 e. The smallest absolute Gasteiger partial charge is 0.242 e. The summed E-state index contributed by atoms with van der Waals surface area (Å²) in [6.45, 7) is 6.52. The molecule has 1 aromatic rings. The Balaban J connectivity index is 2.83. The van der Waals surface area contributed by atoms with Gasteiger partial charge in [0.1, 0.15) is 5.75 Å². The van der Waals surface area contributed by atoms with Crippen LogP contribution in [0.2, 0.25) is 19.6 Å². The van der Waals surface area contributed by atoms with E-state index in [0.717, 1.165) is 10.9 Å². The minimum atomic E-state index is -1.46. The third kappa shape index (κ3) is 2.83. The van der Waals surface area contributed by atoms with Gasteiger partial charge in [0.15, 0.2) is 0 Å². The van der Waals surface area contributed by atoms with E-state index in [0.29, 0.717) is 0 Å². The summed E-state index contributed by atoms with van der Waals surface area (Å²) in [7, 11) is 2.04. The molecule has 0 aliphatic rings. The Morgan fingerprint density at radius 3 is 2.25 bits per heavy atom. The summed E-state index contributed by atoms with van der Waals surface area (Å²) in [5, 5.41) is 1.03. The van der Waals surface area contributed by atoms with E-state index in [-0.39, 0.29) is 0 Å². The summed E-state index contributed by atoms with van der Waals surface area (Å²) >= 11 is 0. The molecule has 0 unspecified atom stereocenters. The number of benzene rings is 1. The normalized spacial score (nSPS) is 11.3. The molecule has 0 atom stereocenters. The lowest BCUT2D eigenvalue weighted by Crippen LogP contribution is -2.31. The van der Waals surface area contributed by atoms with Crippen LogP contribution in [0.15, 0.2) is 24.3 Å². The fourth-order valence-electron chi connectivity index (χ4n) is 0.886. The molecule has 12 heavy (non-hydrogen) atoms. The number of hydrogen-bond donors (Lipinski definition) is 0. The maximum atomic E-state index is 5.82. The molecular weight excluding hydrogens is 180 g/mol. The van der Waals surface area contributed by atoms with E-state index >= 15 is 0 Å². The van der Waals surface area contributed by atoms with Crippen LogP contribution in [0.5, 0.6) is 5.75 Å². The molecule has 0 saturated carbocycles. The second-order valence-electron chi connectivity index (χ2n) is 3.71. The van der Waals surface area contributed by atoms with Gasteiger partial charge in [0, 0.05) is 0 Å².